The van der Waals surface area contributed by atoms with Crippen LogP contribution in [-0.4, -0.2) is 28.2 Å². The van der Waals surface area contributed by atoms with Gasteiger partial charge in [0.15, 0.2) is 0 Å². The van der Waals surface area contributed by atoms with Crippen molar-refractivity contribution in [1.29, 1.82) is 0 Å². The number of rotatable bonds is 12. The standard InChI is InChI=1S/C15H23NO.C15H22O.C14H15NO.C11H14O/c1-11(2)14(17)16-10-12-6-8-13(9-7-12)15(3,4)5;1-11(2)14(16)10-12-6-8-13(9-7-12)15(3,4)5;1-10(2)13(16)9-12-6-3-5-11-7-4-8-15-14(11)12;1-9(2)11(12)8-10-6-4-3-5-7-10/h6-9,11H,10H2,1-5H3,(H,16,17);6-9,11H,10H2,1-5H3;3-8,10H,9H2,1-2H3;3-7,9H,8H2,1-2H3. The zero-order valence-corrected chi connectivity index (χ0v) is 39.7. The van der Waals surface area contributed by atoms with E-state index in [2.05, 4.69) is 100 Å². The maximum atomic E-state index is 11.7. The number of Topliss-reactive ketones (excluding diaryl/α,β-unsaturated/α-hetero) is 3. The minimum absolute atomic E-state index is 0.0452. The molecule has 0 atom stereocenters. The summed E-state index contributed by atoms with van der Waals surface area (Å²) in [5.41, 5.74) is 8.33. The number of nitrogens with zero attached hydrogens (tertiary/aromatic N) is 1. The Morgan fingerprint density at radius 3 is 1.34 bits per heavy atom. The Bertz CT molecular complexity index is 2090. The average Bonchev–Trinajstić information content (AvgIpc) is 3.20. The number of nitrogens with one attached hydrogen (secondary N) is 1. The highest BCUT2D eigenvalue weighted by Crippen LogP contribution is 2.24. The molecule has 0 unspecified atom stereocenters. The molecule has 0 fully saturated rings. The third-order valence-corrected chi connectivity index (χ3v) is 10.2. The van der Waals surface area contributed by atoms with Crippen LogP contribution in [0.3, 0.4) is 0 Å². The van der Waals surface area contributed by atoms with Crippen molar-refractivity contribution in [1.82, 2.24) is 10.3 Å². The molecule has 0 saturated heterocycles. The number of aromatic nitrogens is 1. The van der Waals surface area contributed by atoms with Gasteiger partial charge in [-0.2, -0.15) is 0 Å². The molecule has 0 saturated carbocycles. The summed E-state index contributed by atoms with van der Waals surface area (Å²) in [5.74, 6) is 1.38. The van der Waals surface area contributed by atoms with Crippen LogP contribution in [0.4, 0.5) is 0 Å². The Morgan fingerprint density at radius 2 is 0.902 bits per heavy atom. The number of hydrogen-bond donors (Lipinski definition) is 1. The zero-order valence-electron chi connectivity index (χ0n) is 39.7. The van der Waals surface area contributed by atoms with Gasteiger partial charge in [-0.3, -0.25) is 24.2 Å². The molecule has 1 N–H and O–H groups in total. The fourth-order valence-electron chi connectivity index (χ4n) is 5.75. The van der Waals surface area contributed by atoms with Crippen LogP contribution in [0.5, 0.6) is 0 Å². The van der Waals surface area contributed by atoms with Crippen molar-refractivity contribution in [2.45, 2.75) is 134 Å². The van der Waals surface area contributed by atoms with Gasteiger partial charge in [0, 0.05) is 61.1 Å². The van der Waals surface area contributed by atoms with Crippen molar-refractivity contribution in [2.75, 3.05) is 0 Å². The molecule has 4 aromatic carbocycles. The van der Waals surface area contributed by atoms with E-state index in [4.69, 9.17) is 0 Å². The maximum absolute atomic E-state index is 11.7. The van der Waals surface area contributed by atoms with Gasteiger partial charge in [0.1, 0.15) is 17.3 Å². The topological polar surface area (TPSA) is 93.2 Å². The van der Waals surface area contributed by atoms with Gasteiger partial charge in [-0.15, -0.1) is 0 Å². The highest BCUT2D eigenvalue weighted by molar-refractivity contribution is 5.89. The van der Waals surface area contributed by atoms with Crippen LogP contribution in [0.1, 0.15) is 130 Å². The molecular weight excluding hydrogens is 753 g/mol. The van der Waals surface area contributed by atoms with E-state index in [1.807, 2.05) is 116 Å². The third-order valence-electron chi connectivity index (χ3n) is 10.2. The van der Waals surface area contributed by atoms with Gasteiger partial charge in [0.2, 0.25) is 5.91 Å². The van der Waals surface area contributed by atoms with E-state index in [0.29, 0.717) is 37.4 Å². The van der Waals surface area contributed by atoms with Crippen LogP contribution in [-0.2, 0) is 55.8 Å². The lowest BCUT2D eigenvalue weighted by Crippen LogP contribution is -2.27. The van der Waals surface area contributed by atoms with E-state index < -0.39 is 0 Å². The van der Waals surface area contributed by atoms with E-state index >= 15 is 0 Å². The number of hydrogen-bond acceptors (Lipinski definition) is 5. The molecule has 0 aliphatic rings. The third kappa shape index (κ3) is 19.4. The van der Waals surface area contributed by atoms with Crippen molar-refractivity contribution >= 4 is 34.2 Å². The Balaban J connectivity index is 0.000000282. The van der Waals surface area contributed by atoms with Crippen LogP contribution in [0, 0.1) is 23.7 Å². The molecule has 1 aromatic heterocycles. The van der Waals surface area contributed by atoms with E-state index in [1.165, 1.54) is 11.1 Å². The number of carbonyl (C=O) groups is 4. The van der Waals surface area contributed by atoms with E-state index in [0.717, 1.165) is 33.2 Å². The molecule has 328 valence electrons. The zero-order chi connectivity index (χ0) is 45.9. The van der Waals surface area contributed by atoms with Gasteiger partial charge in [-0.25, -0.2) is 0 Å². The SMILES string of the molecule is CC(C)C(=O)Cc1ccc(C(C)(C)C)cc1.CC(C)C(=O)Cc1cccc2cccnc12.CC(C)C(=O)Cc1ccccc1.CC(C)C(=O)NCc1ccc(C(C)(C)C)cc1. The molecule has 1 amide bonds. The molecule has 0 aliphatic heterocycles. The quantitative estimate of drug-likeness (QED) is 0.135. The summed E-state index contributed by atoms with van der Waals surface area (Å²) in [6.45, 7) is 29.2. The maximum Gasteiger partial charge on any atom is 0.222 e. The molecule has 1 heterocycles. The largest absolute Gasteiger partial charge is 0.352 e. The Labute approximate surface area is 368 Å². The number of pyridine rings is 1. The monoisotopic (exact) mass is 827 g/mol. The molecule has 0 aliphatic carbocycles. The first-order valence-electron chi connectivity index (χ1n) is 21.9. The summed E-state index contributed by atoms with van der Waals surface area (Å²) < 4.78 is 0. The van der Waals surface area contributed by atoms with Gasteiger partial charge in [0.05, 0.1) is 5.52 Å². The van der Waals surface area contributed by atoms with Gasteiger partial charge < -0.3 is 5.32 Å². The molecule has 5 aromatic rings. The van der Waals surface area contributed by atoms with Crippen LogP contribution in [0.2, 0.25) is 0 Å². The Hall–Kier alpha value is -5.23. The number of carbonyl (C=O) groups excluding carboxylic acids is 4. The van der Waals surface area contributed by atoms with Crippen molar-refractivity contribution in [2.24, 2.45) is 23.7 Å². The highest BCUT2D eigenvalue weighted by atomic mass is 16.2. The highest BCUT2D eigenvalue weighted by Gasteiger charge is 2.15. The number of para-hydroxylation sites is 1. The predicted molar refractivity (Wildman–Crippen MR) is 256 cm³/mol. The summed E-state index contributed by atoms with van der Waals surface area (Å²) in [5, 5.41) is 4.01. The average molecular weight is 827 g/mol. The summed E-state index contributed by atoms with van der Waals surface area (Å²) >= 11 is 0. The molecule has 0 bridgehead atoms. The van der Waals surface area contributed by atoms with Crippen molar-refractivity contribution in [3.63, 3.8) is 0 Å². The fraction of sp³-hybridized carbons (Fsp3) is 0.436. The summed E-state index contributed by atoms with van der Waals surface area (Å²) in [7, 11) is 0. The first-order chi connectivity index (χ1) is 28.5. The van der Waals surface area contributed by atoms with E-state index in [9.17, 15) is 19.2 Å². The smallest absolute Gasteiger partial charge is 0.222 e. The van der Waals surface area contributed by atoms with E-state index in [1.54, 1.807) is 6.20 Å². The minimum atomic E-state index is 0.0452. The minimum Gasteiger partial charge on any atom is -0.352 e. The Kier molecular flexibility index (Phi) is 21.2. The van der Waals surface area contributed by atoms with Crippen LogP contribution in [0.25, 0.3) is 10.9 Å². The van der Waals surface area contributed by atoms with E-state index in [-0.39, 0.29) is 46.2 Å². The van der Waals surface area contributed by atoms with Crippen LogP contribution < -0.4 is 5.32 Å². The number of amides is 1. The lowest BCUT2D eigenvalue weighted by molar-refractivity contribution is -0.124. The second-order valence-corrected chi connectivity index (χ2v) is 19.1. The molecule has 6 heteroatoms. The Morgan fingerprint density at radius 1 is 0.475 bits per heavy atom. The fourth-order valence-corrected chi connectivity index (χ4v) is 5.75. The molecule has 61 heavy (non-hydrogen) atoms. The second-order valence-electron chi connectivity index (χ2n) is 19.1. The first kappa shape index (κ1) is 51.9. The first-order valence-corrected chi connectivity index (χ1v) is 21.9. The molecule has 6 nitrogen and oxygen atoms in total. The van der Waals surface area contributed by atoms with Gasteiger partial charge >= 0.3 is 0 Å². The summed E-state index contributed by atoms with van der Waals surface area (Å²) in [6.07, 6.45) is 3.37. The van der Waals surface area contributed by atoms with Crippen LogP contribution >= 0.6 is 0 Å². The summed E-state index contributed by atoms with van der Waals surface area (Å²) in [4.78, 5) is 50.4. The molecule has 5 rings (SSSR count). The number of fused-ring (bicyclic) bond motifs is 1. The lowest BCUT2D eigenvalue weighted by Gasteiger charge is -2.19. The molecule has 0 spiro atoms. The van der Waals surface area contributed by atoms with Crippen molar-refractivity contribution in [3.05, 3.63) is 149 Å². The molecule has 0 radical (unpaired) electrons. The van der Waals surface area contributed by atoms with Crippen LogP contribution in [0.15, 0.2) is 115 Å². The van der Waals surface area contributed by atoms with Gasteiger partial charge in [0.25, 0.3) is 0 Å². The van der Waals surface area contributed by atoms with Gasteiger partial charge in [-0.1, -0.05) is 200 Å². The predicted octanol–water partition coefficient (Wildman–Crippen LogP) is 12.5. The number of ketones is 3. The normalized spacial score (nSPS) is 11.2. The van der Waals surface area contributed by atoms with Crippen molar-refractivity contribution in [3.8, 4) is 0 Å². The summed E-state index contributed by atoms with van der Waals surface area (Å²) in [6, 6.07) is 36.6. The van der Waals surface area contributed by atoms with Gasteiger partial charge in [-0.05, 0) is 50.3 Å². The second kappa shape index (κ2) is 24.9. The molecular formula is C55H74N2O4. The number of benzene rings is 4. The van der Waals surface area contributed by atoms with Crippen molar-refractivity contribution < 1.29 is 19.2 Å². The lowest BCUT2D eigenvalue weighted by atomic mass is 9.86.